The lowest BCUT2D eigenvalue weighted by Gasteiger charge is -2.33. The number of carbonyl (C=O) groups is 1. The summed E-state index contributed by atoms with van der Waals surface area (Å²) in [6.07, 6.45) is 2.13. The molecule has 1 amide bonds. The van der Waals surface area contributed by atoms with E-state index < -0.39 is 5.54 Å². The summed E-state index contributed by atoms with van der Waals surface area (Å²) in [6, 6.07) is 15.1. The van der Waals surface area contributed by atoms with Crippen LogP contribution in [0.4, 0.5) is 5.69 Å². The standard InChI is InChI=1S/C23H26ClN3O/c1-3-13(2)14-5-4-6-15(11-14)20-21-18(9-10-25-21)27-23(20)17-8-7-16(24)12-19(17)26-22(23)28/h4-8,11-13,18,20-21,25,27H,3,9-10H2,1-2H3,(H,26,28). The van der Waals surface area contributed by atoms with E-state index >= 15 is 0 Å². The highest BCUT2D eigenvalue weighted by Crippen LogP contribution is 2.53. The predicted molar refractivity (Wildman–Crippen MR) is 113 cm³/mol. The van der Waals surface area contributed by atoms with Crippen LogP contribution >= 0.6 is 11.6 Å². The Morgan fingerprint density at radius 2 is 2.11 bits per heavy atom. The van der Waals surface area contributed by atoms with Crippen LogP contribution in [0.5, 0.6) is 0 Å². The molecule has 0 aromatic heterocycles. The summed E-state index contributed by atoms with van der Waals surface area (Å²) in [4.78, 5) is 13.4. The number of hydrogen-bond donors (Lipinski definition) is 3. The van der Waals surface area contributed by atoms with Crippen molar-refractivity contribution in [3.05, 3.63) is 64.2 Å². The molecule has 0 saturated carbocycles. The van der Waals surface area contributed by atoms with E-state index in [1.807, 2.05) is 18.2 Å². The van der Waals surface area contributed by atoms with Gasteiger partial charge in [-0.25, -0.2) is 0 Å². The van der Waals surface area contributed by atoms with Gasteiger partial charge in [0.1, 0.15) is 5.54 Å². The lowest BCUT2D eigenvalue weighted by molar-refractivity contribution is -0.122. The highest BCUT2D eigenvalue weighted by atomic mass is 35.5. The molecule has 5 atom stereocenters. The predicted octanol–water partition coefficient (Wildman–Crippen LogP) is 4.12. The first-order chi connectivity index (χ1) is 13.5. The van der Waals surface area contributed by atoms with Gasteiger partial charge in [0.15, 0.2) is 0 Å². The molecule has 1 spiro atoms. The summed E-state index contributed by atoms with van der Waals surface area (Å²) in [7, 11) is 0. The Bertz CT molecular complexity index is 945. The van der Waals surface area contributed by atoms with E-state index in [0.29, 0.717) is 10.9 Å². The monoisotopic (exact) mass is 395 g/mol. The van der Waals surface area contributed by atoms with Crippen molar-refractivity contribution >= 4 is 23.2 Å². The van der Waals surface area contributed by atoms with Crippen molar-refractivity contribution in [3.63, 3.8) is 0 Å². The average Bonchev–Trinajstić information content (AvgIpc) is 3.34. The van der Waals surface area contributed by atoms with Gasteiger partial charge in [0.2, 0.25) is 5.91 Å². The first kappa shape index (κ1) is 18.2. The van der Waals surface area contributed by atoms with Crippen LogP contribution in [0.15, 0.2) is 42.5 Å². The summed E-state index contributed by atoms with van der Waals surface area (Å²) in [6.45, 7) is 5.46. The summed E-state index contributed by atoms with van der Waals surface area (Å²) in [5.74, 6) is 0.562. The van der Waals surface area contributed by atoms with Gasteiger partial charge in [-0.1, -0.05) is 55.8 Å². The molecule has 146 valence electrons. The number of amides is 1. The van der Waals surface area contributed by atoms with E-state index in [4.69, 9.17) is 11.6 Å². The maximum atomic E-state index is 13.4. The smallest absolute Gasteiger partial charge is 0.250 e. The van der Waals surface area contributed by atoms with Gasteiger partial charge < -0.3 is 10.6 Å². The van der Waals surface area contributed by atoms with E-state index in [2.05, 4.69) is 54.1 Å². The fraction of sp³-hybridized carbons (Fsp3) is 0.435. The summed E-state index contributed by atoms with van der Waals surface area (Å²) >= 11 is 6.20. The number of benzene rings is 2. The lowest BCUT2D eigenvalue weighted by atomic mass is 9.74. The van der Waals surface area contributed by atoms with Crippen LogP contribution in [0.3, 0.4) is 0 Å². The van der Waals surface area contributed by atoms with Crippen LogP contribution in [0, 0.1) is 0 Å². The molecule has 5 rings (SSSR count). The first-order valence-electron chi connectivity index (χ1n) is 10.3. The zero-order chi connectivity index (χ0) is 19.5. The van der Waals surface area contributed by atoms with Crippen molar-refractivity contribution in [2.45, 2.75) is 56.1 Å². The van der Waals surface area contributed by atoms with E-state index in [0.717, 1.165) is 30.6 Å². The normalized spacial score (nSPS) is 31.7. The number of fused-ring (bicyclic) bond motifs is 3. The molecule has 3 N–H and O–H groups in total. The summed E-state index contributed by atoms with van der Waals surface area (Å²) in [5, 5.41) is 11.2. The lowest BCUT2D eigenvalue weighted by Crippen LogP contribution is -2.49. The largest absolute Gasteiger partial charge is 0.324 e. The van der Waals surface area contributed by atoms with Gasteiger partial charge in [-0.05, 0) is 48.6 Å². The highest BCUT2D eigenvalue weighted by molar-refractivity contribution is 6.31. The Labute approximate surface area is 171 Å². The summed E-state index contributed by atoms with van der Waals surface area (Å²) < 4.78 is 0. The molecule has 3 aliphatic heterocycles. The highest BCUT2D eigenvalue weighted by Gasteiger charge is 2.62. The topological polar surface area (TPSA) is 53.2 Å². The van der Waals surface area contributed by atoms with Crippen molar-refractivity contribution in [3.8, 4) is 0 Å². The molecule has 0 radical (unpaired) electrons. The van der Waals surface area contributed by atoms with E-state index in [9.17, 15) is 4.79 Å². The second kappa shape index (κ2) is 6.58. The molecule has 0 bridgehead atoms. The van der Waals surface area contributed by atoms with Crippen LogP contribution in [0.25, 0.3) is 0 Å². The molecule has 3 aliphatic rings. The second-order valence-electron chi connectivity index (χ2n) is 8.43. The zero-order valence-electron chi connectivity index (χ0n) is 16.3. The number of halogens is 1. The Hall–Kier alpha value is -1.88. The average molecular weight is 396 g/mol. The number of anilines is 1. The quantitative estimate of drug-likeness (QED) is 0.732. The van der Waals surface area contributed by atoms with Crippen LogP contribution in [0.2, 0.25) is 5.02 Å². The molecule has 4 nitrogen and oxygen atoms in total. The Morgan fingerprint density at radius 3 is 2.93 bits per heavy atom. The van der Waals surface area contributed by atoms with Crippen LogP contribution in [-0.2, 0) is 10.3 Å². The molecule has 2 aromatic carbocycles. The Morgan fingerprint density at radius 1 is 1.25 bits per heavy atom. The van der Waals surface area contributed by atoms with E-state index in [1.165, 1.54) is 11.1 Å². The maximum Gasteiger partial charge on any atom is 0.250 e. The van der Waals surface area contributed by atoms with Crippen LogP contribution < -0.4 is 16.0 Å². The van der Waals surface area contributed by atoms with Gasteiger partial charge in [-0.15, -0.1) is 0 Å². The molecule has 5 heteroatoms. The minimum atomic E-state index is -0.753. The van der Waals surface area contributed by atoms with Crippen molar-refractivity contribution < 1.29 is 4.79 Å². The molecule has 2 fully saturated rings. The fourth-order valence-corrected chi connectivity index (χ4v) is 5.57. The first-order valence-corrected chi connectivity index (χ1v) is 10.6. The number of nitrogens with one attached hydrogen (secondary N) is 3. The Balaban J connectivity index is 1.68. The molecular formula is C23H26ClN3O. The van der Waals surface area contributed by atoms with E-state index in [-0.39, 0.29) is 23.9 Å². The van der Waals surface area contributed by atoms with Gasteiger partial charge >= 0.3 is 0 Å². The molecule has 2 aromatic rings. The minimum Gasteiger partial charge on any atom is -0.324 e. The third-order valence-electron chi connectivity index (χ3n) is 6.97. The van der Waals surface area contributed by atoms with Gasteiger partial charge in [-0.3, -0.25) is 10.1 Å². The molecule has 28 heavy (non-hydrogen) atoms. The molecule has 0 aliphatic carbocycles. The SMILES string of the molecule is CCC(C)c1cccc(C2C3NCCC3NC23C(=O)Nc2cc(Cl)ccc23)c1. The molecular weight excluding hydrogens is 370 g/mol. The second-order valence-corrected chi connectivity index (χ2v) is 8.86. The molecule has 3 heterocycles. The fourth-order valence-electron chi connectivity index (χ4n) is 5.40. The van der Waals surface area contributed by atoms with Gasteiger partial charge in [-0.2, -0.15) is 0 Å². The molecule has 2 saturated heterocycles. The number of hydrogen-bond acceptors (Lipinski definition) is 3. The van der Waals surface area contributed by atoms with Gasteiger partial charge in [0.05, 0.1) is 0 Å². The van der Waals surface area contributed by atoms with E-state index in [1.54, 1.807) is 0 Å². The maximum absolute atomic E-state index is 13.4. The van der Waals surface area contributed by atoms with Crippen LogP contribution in [0.1, 0.15) is 55.2 Å². The van der Waals surface area contributed by atoms with Gasteiger partial charge in [0.25, 0.3) is 0 Å². The zero-order valence-corrected chi connectivity index (χ0v) is 17.0. The van der Waals surface area contributed by atoms with Crippen molar-refractivity contribution in [1.82, 2.24) is 10.6 Å². The van der Waals surface area contributed by atoms with Crippen molar-refractivity contribution in [2.24, 2.45) is 0 Å². The third kappa shape index (κ3) is 2.48. The van der Waals surface area contributed by atoms with Crippen LogP contribution in [-0.4, -0.2) is 24.5 Å². The minimum absolute atomic E-state index is 0.0277. The van der Waals surface area contributed by atoms with Crippen molar-refractivity contribution in [2.75, 3.05) is 11.9 Å². The van der Waals surface area contributed by atoms with Crippen molar-refractivity contribution in [1.29, 1.82) is 0 Å². The number of carbonyl (C=O) groups excluding carboxylic acids is 1. The summed E-state index contributed by atoms with van der Waals surface area (Å²) in [5.41, 5.74) is 3.65. The molecule has 5 unspecified atom stereocenters. The van der Waals surface area contributed by atoms with Gasteiger partial charge in [0, 0.05) is 34.3 Å². The Kier molecular flexibility index (Phi) is 4.27. The number of rotatable bonds is 3. The third-order valence-corrected chi connectivity index (χ3v) is 7.21.